The first kappa shape index (κ1) is 16.6. The lowest BCUT2D eigenvalue weighted by Crippen LogP contribution is -2.09. The van der Waals surface area contributed by atoms with Gasteiger partial charge in [-0.05, 0) is 45.0 Å². The molecule has 0 aliphatic rings. The zero-order valence-electron chi connectivity index (χ0n) is 13.4. The Morgan fingerprint density at radius 1 is 1.13 bits per heavy atom. The average molecular weight is 312 g/mol. The van der Waals surface area contributed by atoms with Crippen LogP contribution in [0.5, 0.6) is 11.5 Å². The molecule has 2 rings (SSSR count). The van der Waals surface area contributed by atoms with Gasteiger partial charge in [-0.3, -0.25) is 4.79 Å². The number of benzene rings is 2. The van der Waals surface area contributed by atoms with Crippen molar-refractivity contribution in [2.45, 2.75) is 26.9 Å². The molecule has 0 saturated carbocycles. The Kier molecular flexibility index (Phi) is 5.06. The number of aliphatic hydroxyl groups is 1. The Morgan fingerprint density at radius 3 is 2.52 bits per heavy atom. The highest BCUT2D eigenvalue weighted by atomic mass is 16.5. The Bertz CT molecular complexity index is 745. The van der Waals surface area contributed by atoms with Crippen LogP contribution in [-0.2, 0) is 0 Å². The van der Waals surface area contributed by atoms with E-state index in [9.17, 15) is 15.0 Å². The molecule has 0 aromatic heterocycles. The molecule has 0 heterocycles. The van der Waals surface area contributed by atoms with Gasteiger partial charge < -0.3 is 14.9 Å². The number of aromatic hydroxyl groups is 1. The summed E-state index contributed by atoms with van der Waals surface area (Å²) in [6.45, 7) is 5.59. The predicted octanol–water partition coefficient (Wildman–Crippen LogP) is 4.27. The monoisotopic (exact) mass is 312 g/mol. The second kappa shape index (κ2) is 7.01. The molecule has 23 heavy (non-hydrogen) atoms. The van der Waals surface area contributed by atoms with E-state index in [1.54, 1.807) is 36.4 Å². The van der Waals surface area contributed by atoms with Crippen LogP contribution in [0.1, 0.15) is 35.3 Å². The molecule has 0 spiro atoms. The maximum atomic E-state index is 12.4. The summed E-state index contributed by atoms with van der Waals surface area (Å²) >= 11 is 0. The van der Waals surface area contributed by atoms with Gasteiger partial charge in [-0.15, -0.1) is 0 Å². The number of aryl methyl sites for hydroxylation is 1. The van der Waals surface area contributed by atoms with Crippen molar-refractivity contribution in [2.24, 2.45) is 0 Å². The topological polar surface area (TPSA) is 66.8 Å². The fourth-order valence-corrected chi connectivity index (χ4v) is 2.16. The van der Waals surface area contributed by atoms with E-state index in [1.807, 2.05) is 20.8 Å². The lowest BCUT2D eigenvalue weighted by Gasteiger charge is -2.12. The number of ether oxygens (including phenoxy) is 1. The highest BCUT2D eigenvalue weighted by Gasteiger charge is 2.14. The van der Waals surface area contributed by atoms with Crippen LogP contribution in [0.4, 0.5) is 0 Å². The van der Waals surface area contributed by atoms with Crippen LogP contribution in [0.25, 0.3) is 5.76 Å². The molecule has 0 aliphatic carbocycles. The summed E-state index contributed by atoms with van der Waals surface area (Å²) in [5, 5.41) is 20.0. The third kappa shape index (κ3) is 4.13. The Balaban J connectivity index is 2.36. The maximum absolute atomic E-state index is 12.4. The van der Waals surface area contributed by atoms with E-state index >= 15 is 0 Å². The molecule has 4 nitrogen and oxygen atoms in total. The molecule has 0 fully saturated rings. The third-order valence-electron chi connectivity index (χ3n) is 3.21. The van der Waals surface area contributed by atoms with Crippen LogP contribution in [0, 0.1) is 6.92 Å². The maximum Gasteiger partial charge on any atom is 0.193 e. The van der Waals surface area contributed by atoms with Crippen LogP contribution in [0.3, 0.4) is 0 Å². The van der Waals surface area contributed by atoms with Gasteiger partial charge in [-0.2, -0.15) is 0 Å². The first-order valence-electron chi connectivity index (χ1n) is 7.39. The van der Waals surface area contributed by atoms with Gasteiger partial charge in [0.15, 0.2) is 5.78 Å². The Hall–Kier alpha value is -2.75. The second-order valence-corrected chi connectivity index (χ2v) is 5.58. The quantitative estimate of drug-likeness (QED) is 0.491. The second-order valence-electron chi connectivity index (χ2n) is 5.58. The number of rotatable bonds is 5. The molecule has 2 N–H and O–H groups in total. The SMILES string of the molecule is Cc1ccc(O)c(C(O)=CC(=O)c2ccccc2OC(C)C)c1. The number of allylic oxidation sites excluding steroid dienone is 1. The van der Waals surface area contributed by atoms with Crippen molar-refractivity contribution in [3.63, 3.8) is 0 Å². The van der Waals surface area contributed by atoms with Gasteiger partial charge in [-0.1, -0.05) is 23.8 Å². The van der Waals surface area contributed by atoms with E-state index < -0.39 is 0 Å². The fourth-order valence-electron chi connectivity index (χ4n) is 2.16. The van der Waals surface area contributed by atoms with Crippen molar-refractivity contribution in [3.05, 3.63) is 65.2 Å². The van der Waals surface area contributed by atoms with E-state index in [4.69, 9.17) is 4.74 Å². The molecular formula is C19H20O4. The number of phenols is 1. The standard InChI is InChI=1S/C19H20O4/c1-12(2)23-19-7-5-4-6-14(19)17(21)11-18(22)15-10-13(3)8-9-16(15)20/h4-12,20,22H,1-3H3. The summed E-state index contributed by atoms with van der Waals surface area (Å²) in [4.78, 5) is 12.4. The molecule has 4 heteroatoms. The summed E-state index contributed by atoms with van der Waals surface area (Å²) in [6, 6.07) is 11.7. The number of para-hydroxylation sites is 1. The Labute approximate surface area is 135 Å². The van der Waals surface area contributed by atoms with Gasteiger partial charge in [0, 0.05) is 6.08 Å². The van der Waals surface area contributed by atoms with Gasteiger partial charge in [0.25, 0.3) is 0 Å². The van der Waals surface area contributed by atoms with Crippen LogP contribution in [-0.4, -0.2) is 22.1 Å². The van der Waals surface area contributed by atoms with E-state index in [-0.39, 0.29) is 29.0 Å². The fraction of sp³-hybridized carbons (Fsp3) is 0.211. The minimum atomic E-state index is -0.389. The minimum Gasteiger partial charge on any atom is -0.507 e. The van der Waals surface area contributed by atoms with Crippen molar-refractivity contribution >= 4 is 11.5 Å². The summed E-state index contributed by atoms with van der Waals surface area (Å²) in [6.07, 6.45) is 1.03. The molecule has 0 atom stereocenters. The zero-order chi connectivity index (χ0) is 17.0. The summed E-state index contributed by atoms with van der Waals surface area (Å²) in [5.74, 6) is -0.288. The van der Waals surface area contributed by atoms with Crippen molar-refractivity contribution < 1.29 is 19.7 Å². The van der Waals surface area contributed by atoms with E-state index in [2.05, 4.69) is 0 Å². The van der Waals surface area contributed by atoms with Gasteiger partial charge in [0.1, 0.15) is 17.3 Å². The molecule has 2 aromatic carbocycles. The number of aliphatic hydroxyl groups excluding tert-OH is 1. The number of hydrogen-bond acceptors (Lipinski definition) is 4. The lowest BCUT2D eigenvalue weighted by molar-refractivity contribution is 0.104. The van der Waals surface area contributed by atoms with Crippen LogP contribution >= 0.6 is 0 Å². The number of phenolic OH excluding ortho intramolecular Hbond substituents is 1. The largest absolute Gasteiger partial charge is 0.507 e. The minimum absolute atomic E-state index is 0.0673. The zero-order valence-corrected chi connectivity index (χ0v) is 13.4. The average Bonchev–Trinajstić information content (AvgIpc) is 2.49. The van der Waals surface area contributed by atoms with Crippen molar-refractivity contribution in [2.75, 3.05) is 0 Å². The van der Waals surface area contributed by atoms with E-state index in [0.29, 0.717) is 11.3 Å². The van der Waals surface area contributed by atoms with E-state index in [0.717, 1.165) is 11.6 Å². The smallest absolute Gasteiger partial charge is 0.193 e. The Morgan fingerprint density at radius 2 is 1.83 bits per heavy atom. The molecule has 0 aliphatic heterocycles. The molecule has 120 valence electrons. The molecule has 0 radical (unpaired) electrons. The molecule has 0 saturated heterocycles. The predicted molar refractivity (Wildman–Crippen MR) is 90.0 cm³/mol. The number of carbonyl (C=O) groups is 1. The van der Waals surface area contributed by atoms with Gasteiger partial charge in [0.2, 0.25) is 0 Å². The normalized spacial score (nSPS) is 11.6. The first-order valence-corrected chi connectivity index (χ1v) is 7.39. The number of carbonyl (C=O) groups excluding carboxylic acids is 1. The lowest BCUT2D eigenvalue weighted by atomic mass is 10.0. The van der Waals surface area contributed by atoms with Crippen LogP contribution < -0.4 is 4.74 Å². The highest BCUT2D eigenvalue weighted by molar-refractivity contribution is 6.09. The number of hydrogen-bond donors (Lipinski definition) is 2. The van der Waals surface area contributed by atoms with Gasteiger partial charge in [-0.25, -0.2) is 0 Å². The molecule has 0 amide bonds. The summed E-state index contributed by atoms with van der Waals surface area (Å²) in [5.41, 5.74) is 1.45. The van der Waals surface area contributed by atoms with E-state index in [1.165, 1.54) is 6.07 Å². The third-order valence-corrected chi connectivity index (χ3v) is 3.21. The first-order chi connectivity index (χ1) is 10.9. The molecule has 2 aromatic rings. The highest BCUT2D eigenvalue weighted by Crippen LogP contribution is 2.26. The summed E-state index contributed by atoms with van der Waals surface area (Å²) < 4.78 is 5.62. The summed E-state index contributed by atoms with van der Waals surface area (Å²) in [7, 11) is 0. The molecule has 0 unspecified atom stereocenters. The van der Waals surface area contributed by atoms with Crippen molar-refractivity contribution in [1.82, 2.24) is 0 Å². The van der Waals surface area contributed by atoms with Crippen LogP contribution in [0.2, 0.25) is 0 Å². The van der Waals surface area contributed by atoms with Crippen LogP contribution in [0.15, 0.2) is 48.5 Å². The van der Waals surface area contributed by atoms with Gasteiger partial charge >= 0.3 is 0 Å². The van der Waals surface area contributed by atoms with Crippen molar-refractivity contribution in [1.29, 1.82) is 0 Å². The number of ketones is 1. The molecular weight excluding hydrogens is 292 g/mol. The molecule has 0 bridgehead atoms. The van der Waals surface area contributed by atoms with Crippen molar-refractivity contribution in [3.8, 4) is 11.5 Å². The van der Waals surface area contributed by atoms with Gasteiger partial charge in [0.05, 0.1) is 17.2 Å².